The second kappa shape index (κ2) is 4.46. The minimum atomic E-state index is 0.0920. The lowest BCUT2D eigenvalue weighted by Crippen LogP contribution is -2.05. The third-order valence-electron chi connectivity index (χ3n) is 2.14. The first-order chi connectivity index (χ1) is 8.83. The largest absolute Gasteiger partial charge is 0.264 e. The van der Waals surface area contributed by atoms with Crippen molar-refractivity contribution in [2.24, 2.45) is 0 Å². The van der Waals surface area contributed by atoms with Crippen LogP contribution < -0.4 is 0 Å². The first-order valence-electron chi connectivity index (χ1n) is 5.00. The van der Waals surface area contributed by atoms with E-state index >= 15 is 0 Å². The van der Waals surface area contributed by atoms with Crippen LogP contribution in [0.4, 0.5) is 0 Å². The van der Waals surface area contributed by atoms with Gasteiger partial charge in [-0.05, 0) is 23.7 Å². The van der Waals surface area contributed by atoms with E-state index in [1.165, 1.54) is 17.3 Å². The van der Waals surface area contributed by atoms with E-state index in [1.807, 2.05) is 6.07 Å². The summed E-state index contributed by atoms with van der Waals surface area (Å²) < 4.78 is 1.41. The Bertz CT molecular complexity index is 653. The van der Waals surface area contributed by atoms with Crippen molar-refractivity contribution in [1.29, 1.82) is 0 Å². The average Bonchev–Trinajstić information content (AvgIpc) is 2.93. The molecule has 18 heavy (non-hydrogen) atoms. The van der Waals surface area contributed by atoms with Gasteiger partial charge in [0.1, 0.15) is 12.7 Å². The Kier molecular flexibility index (Phi) is 2.66. The molecule has 0 aliphatic heterocycles. The lowest BCUT2D eigenvalue weighted by atomic mass is 10.3. The van der Waals surface area contributed by atoms with Crippen molar-refractivity contribution in [3.63, 3.8) is 0 Å². The fourth-order valence-electron chi connectivity index (χ4n) is 1.38. The molecule has 3 heterocycles. The first kappa shape index (κ1) is 10.7. The summed E-state index contributed by atoms with van der Waals surface area (Å²) >= 11 is 5.87. The second-order valence-corrected chi connectivity index (χ2v) is 3.65. The fraction of sp³-hybridized carbons (Fsp3) is 0. The summed E-state index contributed by atoms with van der Waals surface area (Å²) in [6.45, 7) is 0. The Morgan fingerprint density at radius 3 is 2.78 bits per heavy atom. The molecule has 0 unspecified atom stereocenters. The molecule has 0 radical (unpaired) electrons. The maximum atomic E-state index is 5.87. The highest BCUT2D eigenvalue weighted by Gasteiger charge is 2.09. The monoisotopic (exact) mass is 259 g/mol. The molecule has 0 saturated carbocycles. The molecule has 0 N–H and O–H groups in total. The van der Waals surface area contributed by atoms with Crippen LogP contribution in [0.25, 0.3) is 17.3 Å². The summed E-state index contributed by atoms with van der Waals surface area (Å²) in [6.07, 6.45) is 6.20. The lowest BCUT2D eigenvalue weighted by molar-refractivity contribution is 0.796. The van der Waals surface area contributed by atoms with Crippen LogP contribution in [0.1, 0.15) is 0 Å². The Balaban J connectivity index is 2.12. The van der Waals surface area contributed by atoms with Gasteiger partial charge in [0.2, 0.25) is 5.28 Å². The van der Waals surface area contributed by atoms with Gasteiger partial charge in [-0.25, -0.2) is 4.98 Å². The van der Waals surface area contributed by atoms with Gasteiger partial charge >= 0.3 is 0 Å². The molecule has 0 fully saturated rings. The van der Waals surface area contributed by atoms with Crippen molar-refractivity contribution >= 4 is 11.6 Å². The molecule has 3 aromatic rings. The Morgan fingerprint density at radius 1 is 1.11 bits per heavy atom. The van der Waals surface area contributed by atoms with E-state index in [4.69, 9.17) is 11.6 Å². The van der Waals surface area contributed by atoms with Gasteiger partial charge in [-0.3, -0.25) is 4.98 Å². The van der Waals surface area contributed by atoms with Crippen LogP contribution in [0, 0.1) is 0 Å². The van der Waals surface area contributed by atoms with Gasteiger partial charge in [0.05, 0.1) is 0 Å². The van der Waals surface area contributed by atoms with Crippen LogP contribution in [0.2, 0.25) is 5.28 Å². The van der Waals surface area contributed by atoms with Gasteiger partial charge in [-0.2, -0.15) is 24.7 Å². The zero-order chi connectivity index (χ0) is 12.4. The molecule has 0 saturated heterocycles. The SMILES string of the molecule is Clc1nc(-c2cccnc2)nc(-n2cncn2)n1. The van der Waals surface area contributed by atoms with Crippen molar-refractivity contribution in [3.05, 3.63) is 42.5 Å². The van der Waals surface area contributed by atoms with Gasteiger partial charge in [-0.1, -0.05) is 0 Å². The molecule has 0 spiro atoms. The van der Waals surface area contributed by atoms with E-state index in [0.717, 1.165) is 5.56 Å². The van der Waals surface area contributed by atoms with Crippen LogP contribution >= 0.6 is 11.6 Å². The van der Waals surface area contributed by atoms with E-state index in [0.29, 0.717) is 11.8 Å². The molecule has 88 valence electrons. The van der Waals surface area contributed by atoms with Crippen LogP contribution in [0.15, 0.2) is 37.2 Å². The molecular weight excluding hydrogens is 254 g/mol. The molecule has 3 rings (SSSR count). The Labute approximate surface area is 107 Å². The summed E-state index contributed by atoms with van der Waals surface area (Å²) in [5.74, 6) is 0.750. The number of pyridine rings is 1. The van der Waals surface area contributed by atoms with Crippen molar-refractivity contribution < 1.29 is 0 Å². The molecule has 0 bridgehead atoms. The zero-order valence-corrected chi connectivity index (χ0v) is 9.73. The van der Waals surface area contributed by atoms with E-state index in [9.17, 15) is 0 Å². The standard InChI is InChI=1S/C10H6ClN7/c11-9-15-8(7-2-1-3-12-4-7)16-10(17-9)18-6-13-5-14-18/h1-6H. The normalized spacial score (nSPS) is 10.5. The van der Waals surface area contributed by atoms with Gasteiger partial charge in [0, 0.05) is 18.0 Å². The van der Waals surface area contributed by atoms with E-state index in [-0.39, 0.29) is 5.28 Å². The second-order valence-electron chi connectivity index (χ2n) is 3.31. The summed E-state index contributed by atoms with van der Waals surface area (Å²) in [6, 6.07) is 3.63. The minimum Gasteiger partial charge on any atom is -0.264 e. The summed E-state index contributed by atoms with van der Waals surface area (Å²) in [7, 11) is 0. The fourth-order valence-corrected chi connectivity index (χ4v) is 1.53. The van der Waals surface area contributed by atoms with E-state index < -0.39 is 0 Å². The summed E-state index contributed by atoms with van der Waals surface area (Å²) in [5, 5.41) is 4.03. The molecule has 0 aliphatic rings. The third-order valence-corrected chi connectivity index (χ3v) is 2.31. The first-order valence-corrected chi connectivity index (χ1v) is 5.38. The highest BCUT2D eigenvalue weighted by molar-refractivity contribution is 6.28. The Morgan fingerprint density at radius 2 is 2.06 bits per heavy atom. The number of hydrogen-bond donors (Lipinski definition) is 0. The minimum absolute atomic E-state index is 0.0920. The molecule has 3 aromatic heterocycles. The van der Waals surface area contributed by atoms with Gasteiger partial charge < -0.3 is 0 Å². The van der Waals surface area contributed by atoms with Gasteiger partial charge in [0.25, 0.3) is 5.95 Å². The predicted molar refractivity (Wildman–Crippen MR) is 63.0 cm³/mol. The van der Waals surface area contributed by atoms with Crippen molar-refractivity contribution in [2.45, 2.75) is 0 Å². The van der Waals surface area contributed by atoms with Crippen molar-refractivity contribution in [1.82, 2.24) is 34.7 Å². The van der Waals surface area contributed by atoms with Crippen LogP contribution in [0.3, 0.4) is 0 Å². The molecule has 8 heteroatoms. The smallest absolute Gasteiger partial charge is 0.256 e. The average molecular weight is 260 g/mol. The Hall–Kier alpha value is -2.41. The quantitative estimate of drug-likeness (QED) is 0.687. The molecule has 7 nitrogen and oxygen atoms in total. The van der Waals surface area contributed by atoms with E-state index in [2.05, 4.69) is 30.0 Å². The van der Waals surface area contributed by atoms with Crippen LogP contribution in [-0.4, -0.2) is 34.7 Å². The van der Waals surface area contributed by atoms with Crippen LogP contribution in [0.5, 0.6) is 0 Å². The maximum Gasteiger partial charge on any atom is 0.256 e. The van der Waals surface area contributed by atoms with Crippen molar-refractivity contribution in [2.75, 3.05) is 0 Å². The van der Waals surface area contributed by atoms with Crippen LogP contribution in [-0.2, 0) is 0 Å². The summed E-state index contributed by atoms with van der Waals surface area (Å²) in [5.41, 5.74) is 0.753. The number of nitrogens with zero attached hydrogens (tertiary/aromatic N) is 7. The summed E-state index contributed by atoms with van der Waals surface area (Å²) in [4.78, 5) is 20.1. The molecule has 0 amide bonds. The molecule has 0 aromatic carbocycles. The van der Waals surface area contributed by atoms with E-state index in [1.54, 1.807) is 18.5 Å². The predicted octanol–water partition coefficient (Wildman–Crippen LogP) is 1.17. The highest BCUT2D eigenvalue weighted by Crippen LogP contribution is 2.15. The highest BCUT2D eigenvalue weighted by atomic mass is 35.5. The molecule has 0 aliphatic carbocycles. The number of rotatable bonds is 2. The number of aromatic nitrogens is 7. The van der Waals surface area contributed by atoms with Gasteiger partial charge in [0.15, 0.2) is 5.82 Å². The number of hydrogen-bond acceptors (Lipinski definition) is 6. The maximum absolute atomic E-state index is 5.87. The molecule has 0 atom stereocenters. The topological polar surface area (TPSA) is 82.3 Å². The number of halogens is 1. The zero-order valence-electron chi connectivity index (χ0n) is 8.97. The third kappa shape index (κ3) is 2.03. The van der Waals surface area contributed by atoms with Gasteiger partial charge in [-0.15, -0.1) is 0 Å². The molecular formula is C10H6ClN7. The van der Waals surface area contributed by atoms with Crippen molar-refractivity contribution in [3.8, 4) is 17.3 Å². The lowest BCUT2D eigenvalue weighted by Gasteiger charge is -2.03.